The maximum atomic E-state index is 12.1. The summed E-state index contributed by atoms with van der Waals surface area (Å²) in [5.74, 6) is 0. The zero-order chi connectivity index (χ0) is 15.4. The molecule has 1 aliphatic rings. The minimum atomic E-state index is -0.490. The first kappa shape index (κ1) is 17.6. The van der Waals surface area contributed by atoms with Crippen LogP contribution in [-0.2, 0) is 9.47 Å². The number of halogens is 2. The monoisotopic (exact) mass is 323 g/mol. The molecule has 20 heavy (non-hydrogen) atoms. The molecule has 0 radical (unpaired) electrons. The molecular weight excluding hydrogens is 301 g/mol. The number of amides is 1. The third-order valence-electron chi connectivity index (χ3n) is 2.99. The highest BCUT2D eigenvalue weighted by atomic mass is 35.5. The molecule has 1 rings (SSSR count). The van der Waals surface area contributed by atoms with Crippen LogP contribution in [0.15, 0.2) is 10.6 Å². The van der Waals surface area contributed by atoms with Crippen LogP contribution in [-0.4, -0.2) is 41.9 Å². The van der Waals surface area contributed by atoms with Gasteiger partial charge in [0.15, 0.2) is 0 Å². The molecule has 0 saturated carbocycles. The van der Waals surface area contributed by atoms with Gasteiger partial charge in [0.05, 0.1) is 23.8 Å². The summed E-state index contributed by atoms with van der Waals surface area (Å²) in [4.78, 5) is 13.8. The number of hydrogen-bond donors (Lipinski definition) is 0. The molecule has 1 atom stereocenters. The SMILES string of the molecule is CC(C)(C)OC(=O)N1CCCC(C)(OCC(Cl)=CCl)C1. The summed E-state index contributed by atoms with van der Waals surface area (Å²) in [7, 11) is 0. The van der Waals surface area contributed by atoms with Crippen molar-refractivity contribution >= 4 is 29.3 Å². The zero-order valence-electron chi connectivity index (χ0n) is 12.5. The Bertz CT molecular complexity index is 379. The molecule has 1 aliphatic heterocycles. The van der Waals surface area contributed by atoms with Crippen LogP contribution in [0.2, 0.25) is 0 Å². The summed E-state index contributed by atoms with van der Waals surface area (Å²) in [5.41, 5.74) is 0.380. The van der Waals surface area contributed by atoms with Crippen molar-refractivity contribution in [1.29, 1.82) is 0 Å². The highest BCUT2D eigenvalue weighted by molar-refractivity contribution is 6.36. The van der Waals surface area contributed by atoms with E-state index >= 15 is 0 Å². The first-order valence-corrected chi connectivity index (χ1v) is 7.53. The van der Waals surface area contributed by atoms with Gasteiger partial charge in [-0.1, -0.05) is 23.2 Å². The van der Waals surface area contributed by atoms with Crippen molar-refractivity contribution in [2.75, 3.05) is 19.7 Å². The van der Waals surface area contributed by atoms with Gasteiger partial charge in [-0.2, -0.15) is 0 Å². The van der Waals surface area contributed by atoms with Crippen LogP contribution < -0.4 is 0 Å². The Balaban J connectivity index is 2.59. The fourth-order valence-corrected chi connectivity index (χ4v) is 2.20. The molecule has 0 spiro atoms. The molecular formula is C14H23Cl2NO3. The minimum absolute atomic E-state index is 0.254. The maximum absolute atomic E-state index is 12.1. The molecule has 1 heterocycles. The van der Waals surface area contributed by atoms with Crippen LogP contribution in [0.5, 0.6) is 0 Å². The highest BCUT2D eigenvalue weighted by Crippen LogP contribution is 2.27. The van der Waals surface area contributed by atoms with Gasteiger partial charge >= 0.3 is 6.09 Å². The Morgan fingerprint density at radius 2 is 2.10 bits per heavy atom. The Morgan fingerprint density at radius 3 is 2.65 bits per heavy atom. The Morgan fingerprint density at radius 1 is 1.45 bits per heavy atom. The molecule has 0 aliphatic carbocycles. The molecule has 0 aromatic rings. The molecule has 0 bridgehead atoms. The molecule has 1 fully saturated rings. The molecule has 1 unspecified atom stereocenters. The maximum Gasteiger partial charge on any atom is 0.410 e. The predicted octanol–water partition coefficient (Wildman–Crippen LogP) is 4.11. The quantitative estimate of drug-likeness (QED) is 0.784. The lowest BCUT2D eigenvalue weighted by Gasteiger charge is -2.40. The van der Waals surface area contributed by atoms with Crippen molar-refractivity contribution in [3.8, 4) is 0 Å². The number of carbonyl (C=O) groups is 1. The average molecular weight is 324 g/mol. The Hall–Kier alpha value is -0.450. The van der Waals surface area contributed by atoms with Gasteiger partial charge in [-0.15, -0.1) is 0 Å². The van der Waals surface area contributed by atoms with E-state index in [9.17, 15) is 4.79 Å². The summed E-state index contributed by atoms with van der Waals surface area (Å²) in [6.07, 6.45) is 1.45. The third kappa shape index (κ3) is 5.90. The first-order chi connectivity index (χ1) is 9.15. The molecule has 0 aromatic carbocycles. The fraction of sp³-hybridized carbons (Fsp3) is 0.786. The second kappa shape index (κ2) is 7.01. The molecule has 4 nitrogen and oxygen atoms in total. The molecule has 1 amide bonds. The van der Waals surface area contributed by atoms with E-state index in [1.54, 1.807) is 4.90 Å². The van der Waals surface area contributed by atoms with E-state index in [1.165, 1.54) is 5.54 Å². The number of hydrogen-bond acceptors (Lipinski definition) is 3. The smallest absolute Gasteiger partial charge is 0.410 e. The van der Waals surface area contributed by atoms with Gasteiger partial charge in [0.25, 0.3) is 0 Å². The van der Waals surface area contributed by atoms with E-state index in [1.807, 2.05) is 27.7 Å². The third-order valence-corrected chi connectivity index (χ3v) is 3.58. The van der Waals surface area contributed by atoms with Crippen LogP contribution in [0.1, 0.15) is 40.5 Å². The van der Waals surface area contributed by atoms with Gasteiger partial charge in [-0.25, -0.2) is 4.79 Å². The lowest BCUT2D eigenvalue weighted by Crippen LogP contribution is -2.51. The normalized spacial score (nSPS) is 24.7. The number of piperidine rings is 1. The molecule has 6 heteroatoms. The summed E-state index contributed by atoms with van der Waals surface area (Å²) < 4.78 is 11.2. The Labute approximate surface area is 131 Å². The van der Waals surface area contributed by atoms with E-state index in [-0.39, 0.29) is 12.7 Å². The van der Waals surface area contributed by atoms with Crippen molar-refractivity contribution in [3.63, 3.8) is 0 Å². The van der Waals surface area contributed by atoms with Crippen LogP contribution in [0.3, 0.4) is 0 Å². The van der Waals surface area contributed by atoms with Gasteiger partial charge in [0.2, 0.25) is 0 Å². The molecule has 0 N–H and O–H groups in total. The Kier molecular flexibility index (Phi) is 6.17. The predicted molar refractivity (Wildman–Crippen MR) is 81.2 cm³/mol. The summed E-state index contributed by atoms with van der Waals surface area (Å²) in [6, 6.07) is 0. The lowest BCUT2D eigenvalue weighted by molar-refractivity contribution is -0.0708. The van der Waals surface area contributed by atoms with E-state index < -0.39 is 11.2 Å². The summed E-state index contributed by atoms with van der Waals surface area (Å²) in [5, 5.41) is 0.447. The van der Waals surface area contributed by atoms with Crippen LogP contribution in [0, 0.1) is 0 Å². The van der Waals surface area contributed by atoms with Crippen LogP contribution in [0.4, 0.5) is 4.79 Å². The summed E-state index contributed by atoms with van der Waals surface area (Å²) >= 11 is 11.3. The van der Waals surface area contributed by atoms with Gasteiger partial charge < -0.3 is 14.4 Å². The van der Waals surface area contributed by atoms with Gasteiger partial charge in [0.1, 0.15) is 5.60 Å². The highest BCUT2D eigenvalue weighted by Gasteiger charge is 2.35. The molecule has 1 saturated heterocycles. The summed E-state index contributed by atoms with van der Waals surface area (Å²) in [6.45, 7) is 8.98. The molecule has 0 aromatic heterocycles. The van der Waals surface area contributed by atoms with Gasteiger partial charge in [-0.3, -0.25) is 0 Å². The van der Waals surface area contributed by atoms with Crippen molar-refractivity contribution in [3.05, 3.63) is 10.6 Å². The molecule has 116 valence electrons. The van der Waals surface area contributed by atoms with E-state index in [2.05, 4.69) is 0 Å². The lowest BCUT2D eigenvalue weighted by atomic mass is 9.95. The second-order valence-corrected chi connectivity index (χ2v) is 7.00. The second-order valence-electron chi connectivity index (χ2n) is 6.30. The van der Waals surface area contributed by atoms with Gasteiger partial charge in [-0.05, 0) is 40.5 Å². The largest absolute Gasteiger partial charge is 0.444 e. The number of rotatable bonds is 3. The van der Waals surface area contributed by atoms with Crippen molar-refractivity contribution < 1.29 is 14.3 Å². The fourth-order valence-electron chi connectivity index (χ4n) is 2.08. The van der Waals surface area contributed by atoms with E-state index in [0.717, 1.165) is 12.8 Å². The van der Waals surface area contributed by atoms with E-state index in [4.69, 9.17) is 32.7 Å². The van der Waals surface area contributed by atoms with Crippen molar-refractivity contribution in [2.24, 2.45) is 0 Å². The number of ether oxygens (including phenoxy) is 2. The minimum Gasteiger partial charge on any atom is -0.444 e. The van der Waals surface area contributed by atoms with Crippen molar-refractivity contribution in [1.82, 2.24) is 4.90 Å². The zero-order valence-corrected chi connectivity index (χ0v) is 14.1. The van der Waals surface area contributed by atoms with Crippen molar-refractivity contribution in [2.45, 2.75) is 51.7 Å². The first-order valence-electron chi connectivity index (χ1n) is 6.72. The topological polar surface area (TPSA) is 38.8 Å². The van der Waals surface area contributed by atoms with Crippen LogP contribution >= 0.6 is 23.2 Å². The average Bonchev–Trinajstić information content (AvgIpc) is 2.34. The number of likely N-dealkylation sites (tertiary alicyclic amines) is 1. The van der Waals surface area contributed by atoms with Gasteiger partial charge in [0, 0.05) is 12.1 Å². The van der Waals surface area contributed by atoms with E-state index in [0.29, 0.717) is 18.1 Å². The van der Waals surface area contributed by atoms with Crippen LogP contribution in [0.25, 0.3) is 0 Å². The number of carbonyl (C=O) groups excluding carboxylic acids is 1. The number of nitrogens with zero attached hydrogens (tertiary/aromatic N) is 1. The standard InChI is InChI=1S/C14H23Cl2NO3/c1-13(2,3)20-12(18)17-7-5-6-14(4,10-17)19-9-11(16)8-15/h8H,5-7,9-10H2,1-4H3.